The summed E-state index contributed by atoms with van der Waals surface area (Å²) >= 11 is 0. The van der Waals surface area contributed by atoms with Crippen LogP contribution in [-0.2, 0) is 12.1 Å². The van der Waals surface area contributed by atoms with Gasteiger partial charge in [-0.05, 0) is 16.7 Å². The second kappa shape index (κ2) is 6.19. The zero-order valence-electron chi connectivity index (χ0n) is 11.5. The first-order valence-corrected chi connectivity index (χ1v) is 6.60. The molecule has 0 atom stereocenters. The first kappa shape index (κ1) is 14.7. The Bertz CT molecular complexity index is 679. The molecule has 0 spiro atoms. The van der Waals surface area contributed by atoms with Crippen LogP contribution in [0, 0.1) is 28.6 Å². The lowest BCUT2D eigenvalue weighted by molar-refractivity contribution is 0.558. The Hall–Kier alpha value is -2.66. The molecule has 0 saturated carbocycles. The smallest absolute Gasteiger partial charge is 0.137 e. The van der Waals surface area contributed by atoms with Crippen molar-refractivity contribution in [2.75, 3.05) is 0 Å². The second-order valence-corrected chi connectivity index (χ2v) is 4.91. The average Bonchev–Trinajstić information content (AvgIpc) is 2.53. The Kier molecular flexibility index (Phi) is 4.35. The molecule has 0 aliphatic carbocycles. The Morgan fingerprint density at radius 3 is 2.10 bits per heavy atom. The van der Waals surface area contributed by atoms with Crippen molar-refractivity contribution in [3.63, 3.8) is 0 Å². The molecule has 0 fully saturated rings. The van der Waals surface area contributed by atoms with E-state index in [2.05, 4.69) is 0 Å². The van der Waals surface area contributed by atoms with Crippen LogP contribution in [0.5, 0.6) is 0 Å². The molecule has 2 rings (SSSR count). The van der Waals surface area contributed by atoms with Crippen LogP contribution < -0.4 is 11.5 Å². The van der Waals surface area contributed by atoms with Crippen molar-refractivity contribution in [3.05, 3.63) is 71.3 Å². The second-order valence-electron chi connectivity index (χ2n) is 4.91. The van der Waals surface area contributed by atoms with E-state index in [-0.39, 0.29) is 0 Å². The van der Waals surface area contributed by atoms with Crippen molar-refractivity contribution in [1.29, 1.82) is 10.5 Å². The van der Waals surface area contributed by atoms with Crippen LogP contribution in [0.2, 0.25) is 0 Å². The van der Waals surface area contributed by atoms with Crippen LogP contribution in [0.1, 0.15) is 16.7 Å². The van der Waals surface area contributed by atoms with Crippen LogP contribution in [0.3, 0.4) is 0 Å². The predicted molar refractivity (Wildman–Crippen MR) is 80.5 cm³/mol. The van der Waals surface area contributed by atoms with E-state index in [1.165, 1.54) is 0 Å². The molecule has 4 N–H and O–H groups in total. The van der Waals surface area contributed by atoms with E-state index in [1.807, 2.05) is 66.7 Å². The van der Waals surface area contributed by atoms with Crippen molar-refractivity contribution in [1.82, 2.24) is 0 Å². The molecule has 0 bridgehead atoms. The number of nitrogens with zero attached hydrogens (tertiary/aromatic N) is 2. The van der Waals surface area contributed by atoms with E-state index in [9.17, 15) is 0 Å². The highest BCUT2D eigenvalue weighted by Gasteiger charge is 2.27. The number of nitrogens with two attached hydrogens (primary N) is 2. The largest absolute Gasteiger partial charge is 0.306 e. The minimum atomic E-state index is -1.16. The maximum Gasteiger partial charge on any atom is 0.137 e. The third-order valence-corrected chi connectivity index (χ3v) is 3.45. The molecular formula is C17H16N4. The Morgan fingerprint density at radius 2 is 1.48 bits per heavy atom. The zero-order chi connectivity index (χ0) is 15.3. The number of nitriles is 2. The quantitative estimate of drug-likeness (QED) is 0.834. The van der Waals surface area contributed by atoms with Gasteiger partial charge in [0.15, 0.2) is 0 Å². The lowest BCUT2D eigenvalue weighted by atomic mass is 9.86. The Morgan fingerprint density at radius 1 is 0.905 bits per heavy atom. The van der Waals surface area contributed by atoms with E-state index < -0.39 is 11.6 Å². The molecule has 104 valence electrons. The van der Waals surface area contributed by atoms with Gasteiger partial charge >= 0.3 is 0 Å². The summed E-state index contributed by atoms with van der Waals surface area (Å²) in [6, 6.07) is 20.7. The lowest BCUT2D eigenvalue weighted by Crippen LogP contribution is -2.47. The van der Waals surface area contributed by atoms with Crippen molar-refractivity contribution < 1.29 is 0 Å². The van der Waals surface area contributed by atoms with Gasteiger partial charge in [-0.3, -0.25) is 0 Å². The lowest BCUT2D eigenvalue weighted by Gasteiger charge is -2.28. The van der Waals surface area contributed by atoms with Gasteiger partial charge in [0.25, 0.3) is 0 Å². The van der Waals surface area contributed by atoms with Crippen LogP contribution in [0.25, 0.3) is 0 Å². The molecule has 21 heavy (non-hydrogen) atoms. The predicted octanol–water partition coefficient (Wildman–Crippen LogP) is 2.01. The Labute approximate surface area is 124 Å². The molecule has 0 radical (unpaired) electrons. The number of hydrogen-bond acceptors (Lipinski definition) is 4. The van der Waals surface area contributed by atoms with Gasteiger partial charge in [0.1, 0.15) is 11.6 Å². The maximum atomic E-state index is 8.96. The number of hydrogen-bond donors (Lipinski definition) is 2. The van der Waals surface area contributed by atoms with Crippen LogP contribution in [0.15, 0.2) is 54.6 Å². The minimum Gasteiger partial charge on any atom is -0.306 e. The van der Waals surface area contributed by atoms with Crippen LogP contribution in [-0.4, -0.2) is 0 Å². The summed E-state index contributed by atoms with van der Waals surface area (Å²) in [6.45, 7) is 0. The molecule has 0 saturated heterocycles. The van der Waals surface area contributed by atoms with Gasteiger partial charge in [-0.15, -0.1) is 0 Å². The molecule has 0 aromatic heterocycles. The molecule has 4 nitrogen and oxygen atoms in total. The van der Waals surface area contributed by atoms with E-state index in [0.29, 0.717) is 6.42 Å². The molecule has 0 amide bonds. The van der Waals surface area contributed by atoms with Gasteiger partial charge in [-0.25, -0.2) is 0 Å². The van der Waals surface area contributed by atoms with E-state index in [4.69, 9.17) is 22.0 Å². The summed E-state index contributed by atoms with van der Waals surface area (Å²) in [4.78, 5) is 0. The van der Waals surface area contributed by atoms with Crippen LogP contribution >= 0.6 is 0 Å². The molecule has 4 heteroatoms. The molecule has 0 unspecified atom stereocenters. The van der Waals surface area contributed by atoms with Gasteiger partial charge in [0.05, 0.1) is 12.1 Å². The number of rotatable bonds is 4. The van der Waals surface area contributed by atoms with Gasteiger partial charge in [-0.2, -0.15) is 10.5 Å². The summed E-state index contributed by atoms with van der Waals surface area (Å²) in [6.07, 6.45) is 0.312. The van der Waals surface area contributed by atoms with Crippen molar-refractivity contribution >= 4 is 0 Å². The van der Waals surface area contributed by atoms with Crippen molar-refractivity contribution in [2.45, 2.75) is 12.1 Å². The topological polar surface area (TPSA) is 99.6 Å². The van der Waals surface area contributed by atoms with Crippen molar-refractivity contribution in [2.24, 2.45) is 17.4 Å². The maximum absolute atomic E-state index is 8.96. The highest BCUT2D eigenvalue weighted by Crippen LogP contribution is 2.26. The molecule has 0 aliphatic rings. The zero-order valence-corrected chi connectivity index (χ0v) is 11.5. The molecule has 0 heterocycles. The standard InChI is InChI=1S/C17H16N4/c18-11-13(12-19)10-14-6-4-5-9-16(14)17(20,21)15-7-2-1-3-8-15/h1-9,13H,10,20-21H2. The monoisotopic (exact) mass is 276 g/mol. The first-order valence-electron chi connectivity index (χ1n) is 6.60. The summed E-state index contributed by atoms with van der Waals surface area (Å²) in [7, 11) is 0. The van der Waals surface area contributed by atoms with Gasteiger partial charge in [-0.1, -0.05) is 54.6 Å². The van der Waals surface area contributed by atoms with E-state index in [1.54, 1.807) is 0 Å². The van der Waals surface area contributed by atoms with Crippen LogP contribution in [0.4, 0.5) is 0 Å². The van der Waals surface area contributed by atoms with Gasteiger partial charge < -0.3 is 11.5 Å². The first-order chi connectivity index (χ1) is 10.1. The molecule has 0 aliphatic heterocycles. The molecular weight excluding hydrogens is 260 g/mol. The number of benzene rings is 2. The third kappa shape index (κ3) is 3.09. The summed E-state index contributed by atoms with van der Waals surface area (Å²) in [5.74, 6) is -0.710. The van der Waals surface area contributed by atoms with Crippen molar-refractivity contribution in [3.8, 4) is 12.1 Å². The fourth-order valence-corrected chi connectivity index (χ4v) is 2.31. The fourth-order valence-electron chi connectivity index (χ4n) is 2.31. The molecule has 2 aromatic carbocycles. The summed E-state index contributed by atoms with van der Waals surface area (Å²) in [5, 5.41) is 17.9. The highest BCUT2D eigenvalue weighted by atomic mass is 15.0. The summed E-state index contributed by atoms with van der Waals surface area (Å²) in [5.41, 5.74) is 13.8. The average molecular weight is 276 g/mol. The minimum absolute atomic E-state index is 0.312. The fraction of sp³-hybridized carbons (Fsp3) is 0.176. The van der Waals surface area contributed by atoms with Gasteiger partial charge in [0.2, 0.25) is 0 Å². The third-order valence-electron chi connectivity index (χ3n) is 3.45. The Balaban J connectivity index is 2.45. The highest BCUT2D eigenvalue weighted by molar-refractivity contribution is 5.42. The van der Waals surface area contributed by atoms with E-state index in [0.717, 1.165) is 16.7 Å². The summed E-state index contributed by atoms with van der Waals surface area (Å²) < 4.78 is 0. The molecule has 2 aromatic rings. The normalized spacial score (nSPS) is 10.9. The van der Waals surface area contributed by atoms with Gasteiger partial charge in [0, 0.05) is 6.42 Å². The van der Waals surface area contributed by atoms with E-state index >= 15 is 0 Å². The SMILES string of the molecule is N#CC(C#N)Cc1ccccc1C(N)(N)c1ccccc1.